The monoisotopic (exact) mass is 178 g/mol. The molecule has 2 rings (SSSR count). The first-order chi connectivity index (χ1) is 5.81. The standard InChI is InChI=1S/C9H10N2S/c1-11-6-10-8-5-7(12-2)3-4-9(8)11/h3-6H,1-2H3. The van der Waals surface area contributed by atoms with Crippen LogP contribution in [0.5, 0.6) is 0 Å². The van der Waals surface area contributed by atoms with Crippen LogP contribution in [0.25, 0.3) is 11.0 Å². The molecular formula is C9H10N2S. The van der Waals surface area contributed by atoms with E-state index in [0.29, 0.717) is 0 Å². The maximum Gasteiger partial charge on any atom is 0.0955 e. The van der Waals surface area contributed by atoms with Gasteiger partial charge in [0.2, 0.25) is 0 Å². The van der Waals surface area contributed by atoms with Crippen molar-refractivity contribution in [3.63, 3.8) is 0 Å². The van der Waals surface area contributed by atoms with E-state index in [4.69, 9.17) is 0 Å². The van der Waals surface area contributed by atoms with Gasteiger partial charge in [0.05, 0.1) is 17.4 Å². The topological polar surface area (TPSA) is 17.8 Å². The Kier molecular flexibility index (Phi) is 1.81. The van der Waals surface area contributed by atoms with Crippen molar-refractivity contribution in [3.05, 3.63) is 24.5 Å². The molecule has 1 aromatic carbocycles. The minimum Gasteiger partial charge on any atom is -0.334 e. The van der Waals surface area contributed by atoms with E-state index < -0.39 is 0 Å². The molecule has 0 saturated carbocycles. The predicted octanol–water partition coefficient (Wildman–Crippen LogP) is 2.30. The second-order valence-corrected chi connectivity index (χ2v) is 3.59. The lowest BCUT2D eigenvalue weighted by Gasteiger charge is -1.96. The van der Waals surface area contributed by atoms with E-state index >= 15 is 0 Å². The highest BCUT2D eigenvalue weighted by Crippen LogP contribution is 2.20. The summed E-state index contributed by atoms with van der Waals surface area (Å²) in [6.07, 6.45) is 3.92. The number of aromatic nitrogens is 2. The first-order valence-electron chi connectivity index (χ1n) is 3.76. The van der Waals surface area contributed by atoms with Gasteiger partial charge < -0.3 is 4.57 Å². The molecule has 0 amide bonds. The molecule has 1 heterocycles. The average molecular weight is 178 g/mol. The molecule has 0 N–H and O–H groups in total. The van der Waals surface area contributed by atoms with Crippen molar-refractivity contribution in [2.75, 3.05) is 6.26 Å². The minimum atomic E-state index is 1.07. The highest BCUT2D eigenvalue weighted by Gasteiger charge is 1.99. The molecule has 12 heavy (non-hydrogen) atoms. The number of fused-ring (bicyclic) bond motifs is 1. The molecule has 3 heteroatoms. The number of aryl methyl sites for hydroxylation is 1. The molecule has 0 unspecified atom stereocenters. The number of nitrogens with zero attached hydrogens (tertiary/aromatic N) is 2. The number of benzene rings is 1. The number of thioether (sulfide) groups is 1. The van der Waals surface area contributed by atoms with Crippen LogP contribution in [0.1, 0.15) is 0 Å². The van der Waals surface area contributed by atoms with Crippen molar-refractivity contribution in [2.24, 2.45) is 7.05 Å². The normalized spacial score (nSPS) is 10.8. The molecule has 62 valence electrons. The quantitative estimate of drug-likeness (QED) is 0.623. The molecule has 0 aliphatic rings. The number of hydrogen-bond acceptors (Lipinski definition) is 2. The van der Waals surface area contributed by atoms with Crippen LogP contribution in [0.4, 0.5) is 0 Å². The molecular weight excluding hydrogens is 168 g/mol. The third kappa shape index (κ3) is 1.10. The van der Waals surface area contributed by atoms with Crippen molar-refractivity contribution < 1.29 is 0 Å². The Morgan fingerprint density at radius 3 is 3.00 bits per heavy atom. The maximum atomic E-state index is 4.28. The molecule has 2 nitrogen and oxygen atoms in total. The Morgan fingerprint density at radius 1 is 1.42 bits per heavy atom. The van der Waals surface area contributed by atoms with Gasteiger partial charge in [0.25, 0.3) is 0 Å². The summed E-state index contributed by atoms with van der Waals surface area (Å²) in [6, 6.07) is 6.34. The zero-order chi connectivity index (χ0) is 8.55. The Hall–Kier alpha value is -0.960. The summed E-state index contributed by atoms with van der Waals surface area (Å²) in [5, 5.41) is 0. The molecule has 0 fully saturated rings. The summed E-state index contributed by atoms with van der Waals surface area (Å²) < 4.78 is 2.03. The van der Waals surface area contributed by atoms with Crippen LogP contribution in [0.3, 0.4) is 0 Å². The second-order valence-electron chi connectivity index (χ2n) is 2.71. The van der Waals surface area contributed by atoms with E-state index in [2.05, 4.69) is 29.4 Å². The largest absolute Gasteiger partial charge is 0.334 e. The Labute approximate surface area is 75.6 Å². The molecule has 0 bridgehead atoms. The first-order valence-corrected chi connectivity index (χ1v) is 4.99. The zero-order valence-corrected chi connectivity index (χ0v) is 7.93. The van der Waals surface area contributed by atoms with Gasteiger partial charge in [0.1, 0.15) is 0 Å². The number of imidazole rings is 1. The molecule has 0 radical (unpaired) electrons. The minimum absolute atomic E-state index is 1.07. The van der Waals surface area contributed by atoms with E-state index in [1.807, 2.05) is 17.9 Å². The van der Waals surface area contributed by atoms with Gasteiger partial charge >= 0.3 is 0 Å². The van der Waals surface area contributed by atoms with Crippen molar-refractivity contribution in [3.8, 4) is 0 Å². The summed E-state index contributed by atoms with van der Waals surface area (Å²) in [5.41, 5.74) is 2.26. The number of rotatable bonds is 1. The van der Waals surface area contributed by atoms with E-state index in [-0.39, 0.29) is 0 Å². The molecule has 2 aromatic rings. The van der Waals surface area contributed by atoms with Crippen LogP contribution < -0.4 is 0 Å². The summed E-state index contributed by atoms with van der Waals surface area (Å²) in [4.78, 5) is 5.54. The maximum absolute atomic E-state index is 4.28. The molecule has 0 atom stereocenters. The fourth-order valence-corrected chi connectivity index (χ4v) is 1.68. The third-order valence-electron chi connectivity index (χ3n) is 1.93. The van der Waals surface area contributed by atoms with Gasteiger partial charge in [-0.1, -0.05) is 0 Å². The van der Waals surface area contributed by atoms with Crippen LogP contribution in [0, 0.1) is 0 Å². The molecule has 0 aliphatic heterocycles. The fraction of sp³-hybridized carbons (Fsp3) is 0.222. The van der Waals surface area contributed by atoms with Gasteiger partial charge in [0.15, 0.2) is 0 Å². The van der Waals surface area contributed by atoms with Gasteiger partial charge in [-0.25, -0.2) is 4.98 Å². The van der Waals surface area contributed by atoms with Gasteiger partial charge in [-0.15, -0.1) is 11.8 Å². The Balaban J connectivity index is 2.69. The third-order valence-corrected chi connectivity index (χ3v) is 2.66. The Morgan fingerprint density at radius 2 is 2.25 bits per heavy atom. The SMILES string of the molecule is CSc1ccc2c(c1)ncn2C. The Bertz CT molecular complexity index is 406. The van der Waals surface area contributed by atoms with E-state index in [9.17, 15) is 0 Å². The van der Waals surface area contributed by atoms with Crippen LogP contribution >= 0.6 is 11.8 Å². The lowest BCUT2D eigenvalue weighted by molar-refractivity contribution is 0.947. The second kappa shape index (κ2) is 2.83. The van der Waals surface area contributed by atoms with E-state index in [1.165, 1.54) is 10.4 Å². The summed E-state index contributed by atoms with van der Waals surface area (Å²) in [7, 11) is 2.01. The highest BCUT2D eigenvalue weighted by atomic mass is 32.2. The van der Waals surface area contributed by atoms with Gasteiger partial charge in [-0.05, 0) is 24.5 Å². The van der Waals surface area contributed by atoms with Crippen molar-refractivity contribution in [1.29, 1.82) is 0 Å². The molecule has 1 aromatic heterocycles. The smallest absolute Gasteiger partial charge is 0.0955 e. The van der Waals surface area contributed by atoms with Crippen LogP contribution in [-0.2, 0) is 7.05 Å². The summed E-state index contributed by atoms with van der Waals surface area (Å²) >= 11 is 1.74. The van der Waals surface area contributed by atoms with Gasteiger partial charge in [0, 0.05) is 11.9 Å². The zero-order valence-electron chi connectivity index (χ0n) is 7.11. The molecule has 0 aliphatic carbocycles. The van der Waals surface area contributed by atoms with E-state index in [1.54, 1.807) is 11.8 Å². The van der Waals surface area contributed by atoms with Crippen LogP contribution in [0.2, 0.25) is 0 Å². The fourth-order valence-electron chi connectivity index (χ4n) is 1.24. The number of hydrogen-bond donors (Lipinski definition) is 0. The molecule has 0 spiro atoms. The highest BCUT2D eigenvalue weighted by molar-refractivity contribution is 7.98. The predicted molar refractivity (Wildman–Crippen MR) is 52.5 cm³/mol. The van der Waals surface area contributed by atoms with Gasteiger partial charge in [-0.3, -0.25) is 0 Å². The van der Waals surface area contributed by atoms with Crippen molar-refractivity contribution in [2.45, 2.75) is 4.90 Å². The lowest BCUT2D eigenvalue weighted by atomic mass is 10.3. The summed E-state index contributed by atoms with van der Waals surface area (Å²) in [6.45, 7) is 0. The van der Waals surface area contributed by atoms with Crippen molar-refractivity contribution in [1.82, 2.24) is 9.55 Å². The van der Waals surface area contributed by atoms with E-state index in [0.717, 1.165) is 5.52 Å². The molecule has 0 saturated heterocycles. The average Bonchev–Trinajstić information content (AvgIpc) is 2.47. The van der Waals surface area contributed by atoms with Gasteiger partial charge in [-0.2, -0.15) is 0 Å². The lowest BCUT2D eigenvalue weighted by Crippen LogP contribution is -1.82. The van der Waals surface area contributed by atoms with Crippen molar-refractivity contribution >= 4 is 22.8 Å². The first kappa shape index (κ1) is 7.68. The van der Waals surface area contributed by atoms with Crippen LogP contribution in [0.15, 0.2) is 29.4 Å². The van der Waals surface area contributed by atoms with Crippen LogP contribution in [-0.4, -0.2) is 15.8 Å². The summed E-state index contributed by atoms with van der Waals surface area (Å²) in [5.74, 6) is 0.